The van der Waals surface area contributed by atoms with Gasteiger partial charge in [0.2, 0.25) is 0 Å². The van der Waals surface area contributed by atoms with E-state index in [0.717, 1.165) is 24.9 Å². The Hall–Kier alpha value is -0.570. The summed E-state index contributed by atoms with van der Waals surface area (Å²) in [5, 5.41) is 9.16. The highest BCUT2D eigenvalue weighted by Gasteiger charge is 2.30. The Morgan fingerprint density at radius 3 is 2.53 bits per heavy atom. The van der Waals surface area contributed by atoms with Crippen LogP contribution in [0.25, 0.3) is 0 Å². The average Bonchev–Trinajstić information content (AvgIpc) is 2.42. The lowest BCUT2D eigenvalue weighted by atomic mass is 9.89. The fourth-order valence-electron chi connectivity index (χ4n) is 2.63. The average molecular weight is 241 g/mol. The van der Waals surface area contributed by atoms with Crippen molar-refractivity contribution in [3.05, 3.63) is 0 Å². The molecule has 0 saturated carbocycles. The third kappa shape index (κ3) is 4.30. The lowest BCUT2D eigenvalue weighted by Gasteiger charge is -2.28. The van der Waals surface area contributed by atoms with E-state index in [0.29, 0.717) is 6.54 Å². The van der Waals surface area contributed by atoms with Gasteiger partial charge in [-0.2, -0.15) is 0 Å². The minimum absolute atomic E-state index is 0.627. The Morgan fingerprint density at radius 2 is 2.00 bits per heavy atom. The summed E-state index contributed by atoms with van der Waals surface area (Å²) in [6, 6.07) is 0. The van der Waals surface area contributed by atoms with Crippen molar-refractivity contribution in [1.82, 2.24) is 4.90 Å². The van der Waals surface area contributed by atoms with Crippen LogP contribution in [0, 0.1) is 17.3 Å². The quantitative estimate of drug-likeness (QED) is 0.822. The SMILES string of the molecule is CC(C)C1CCCN(CC(C)(C)C(=O)O)CC1. The molecule has 1 aliphatic heterocycles. The van der Waals surface area contributed by atoms with Gasteiger partial charge < -0.3 is 10.0 Å². The van der Waals surface area contributed by atoms with Crippen molar-refractivity contribution >= 4 is 5.97 Å². The van der Waals surface area contributed by atoms with E-state index < -0.39 is 11.4 Å². The van der Waals surface area contributed by atoms with Gasteiger partial charge in [0.25, 0.3) is 0 Å². The smallest absolute Gasteiger partial charge is 0.310 e. The van der Waals surface area contributed by atoms with Gasteiger partial charge in [-0.1, -0.05) is 13.8 Å². The van der Waals surface area contributed by atoms with Gasteiger partial charge >= 0.3 is 5.97 Å². The minimum atomic E-state index is -0.692. The van der Waals surface area contributed by atoms with Crippen LogP contribution in [0.2, 0.25) is 0 Å². The van der Waals surface area contributed by atoms with E-state index in [1.54, 1.807) is 0 Å². The minimum Gasteiger partial charge on any atom is -0.481 e. The van der Waals surface area contributed by atoms with E-state index in [-0.39, 0.29) is 0 Å². The third-order valence-electron chi connectivity index (χ3n) is 4.01. The Bertz CT molecular complexity index is 261. The molecule has 17 heavy (non-hydrogen) atoms. The van der Waals surface area contributed by atoms with Crippen LogP contribution in [0.5, 0.6) is 0 Å². The highest BCUT2D eigenvalue weighted by atomic mass is 16.4. The molecule has 0 bridgehead atoms. The molecule has 0 aromatic rings. The third-order valence-corrected chi connectivity index (χ3v) is 4.01. The van der Waals surface area contributed by atoms with Crippen molar-refractivity contribution < 1.29 is 9.90 Å². The van der Waals surface area contributed by atoms with Crippen molar-refractivity contribution in [2.75, 3.05) is 19.6 Å². The van der Waals surface area contributed by atoms with E-state index in [1.807, 2.05) is 13.8 Å². The number of rotatable bonds is 4. The summed E-state index contributed by atoms with van der Waals surface area (Å²) in [5.41, 5.74) is -0.627. The van der Waals surface area contributed by atoms with Crippen LogP contribution in [0.1, 0.15) is 47.0 Å². The van der Waals surface area contributed by atoms with Gasteiger partial charge in [-0.15, -0.1) is 0 Å². The number of hydrogen-bond donors (Lipinski definition) is 1. The zero-order valence-electron chi connectivity index (χ0n) is 11.7. The largest absolute Gasteiger partial charge is 0.481 e. The van der Waals surface area contributed by atoms with Crippen LogP contribution in [0.3, 0.4) is 0 Å². The summed E-state index contributed by atoms with van der Waals surface area (Å²) < 4.78 is 0. The van der Waals surface area contributed by atoms with Crippen LogP contribution in [-0.2, 0) is 4.79 Å². The Labute approximate surface area is 105 Å². The van der Waals surface area contributed by atoms with Crippen LogP contribution in [0.4, 0.5) is 0 Å². The van der Waals surface area contributed by atoms with Crippen LogP contribution < -0.4 is 0 Å². The maximum Gasteiger partial charge on any atom is 0.310 e. The molecule has 3 heteroatoms. The molecule has 0 aliphatic carbocycles. The first-order valence-electron chi connectivity index (χ1n) is 6.78. The van der Waals surface area contributed by atoms with Gasteiger partial charge in [-0.05, 0) is 58.0 Å². The summed E-state index contributed by atoms with van der Waals surface area (Å²) >= 11 is 0. The number of nitrogens with zero attached hydrogens (tertiary/aromatic N) is 1. The lowest BCUT2D eigenvalue weighted by molar-refractivity contribution is -0.148. The number of likely N-dealkylation sites (tertiary alicyclic amines) is 1. The molecule has 0 aromatic heterocycles. The molecule has 1 N–H and O–H groups in total. The molecular weight excluding hydrogens is 214 g/mol. The van der Waals surface area contributed by atoms with Gasteiger partial charge in [0.1, 0.15) is 0 Å². The van der Waals surface area contributed by atoms with Gasteiger partial charge in [0.15, 0.2) is 0 Å². The van der Waals surface area contributed by atoms with Gasteiger partial charge in [-0.3, -0.25) is 4.79 Å². The highest BCUT2D eigenvalue weighted by Crippen LogP contribution is 2.26. The summed E-state index contributed by atoms with van der Waals surface area (Å²) in [6.45, 7) is 11.0. The molecule has 1 fully saturated rings. The van der Waals surface area contributed by atoms with E-state index in [9.17, 15) is 4.79 Å². The summed E-state index contributed by atoms with van der Waals surface area (Å²) in [6.07, 6.45) is 3.72. The van der Waals surface area contributed by atoms with E-state index in [4.69, 9.17) is 5.11 Å². The summed E-state index contributed by atoms with van der Waals surface area (Å²) in [4.78, 5) is 13.5. The monoisotopic (exact) mass is 241 g/mol. The van der Waals surface area contributed by atoms with Crippen molar-refractivity contribution in [3.63, 3.8) is 0 Å². The Balaban J connectivity index is 2.49. The summed E-state index contributed by atoms with van der Waals surface area (Å²) in [7, 11) is 0. The molecule has 3 nitrogen and oxygen atoms in total. The fourth-order valence-corrected chi connectivity index (χ4v) is 2.63. The second-order valence-electron chi connectivity index (χ2n) is 6.40. The fraction of sp³-hybridized carbons (Fsp3) is 0.929. The predicted octanol–water partition coefficient (Wildman–Crippen LogP) is 2.86. The first-order chi connectivity index (χ1) is 7.83. The highest BCUT2D eigenvalue weighted by molar-refractivity contribution is 5.73. The van der Waals surface area contributed by atoms with Crippen molar-refractivity contribution in [1.29, 1.82) is 0 Å². The van der Waals surface area contributed by atoms with E-state index >= 15 is 0 Å². The van der Waals surface area contributed by atoms with E-state index in [1.165, 1.54) is 19.3 Å². The molecular formula is C14H27NO2. The Morgan fingerprint density at radius 1 is 1.35 bits per heavy atom. The van der Waals surface area contributed by atoms with Crippen molar-refractivity contribution in [2.45, 2.75) is 47.0 Å². The Kier molecular flexibility index (Phi) is 4.99. The molecule has 1 unspecified atom stereocenters. The van der Waals surface area contributed by atoms with Crippen LogP contribution >= 0.6 is 0 Å². The first-order valence-corrected chi connectivity index (χ1v) is 6.78. The molecule has 1 atom stereocenters. The maximum absolute atomic E-state index is 11.1. The molecule has 0 amide bonds. The molecule has 0 aromatic carbocycles. The topological polar surface area (TPSA) is 40.5 Å². The maximum atomic E-state index is 11.1. The molecule has 100 valence electrons. The molecule has 1 heterocycles. The lowest BCUT2D eigenvalue weighted by Crippen LogP contribution is -2.39. The van der Waals surface area contributed by atoms with Gasteiger partial charge in [0, 0.05) is 6.54 Å². The summed E-state index contributed by atoms with van der Waals surface area (Å²) in [5.74, 6) is 0.873. The second-order valence-corrected chi connectivity index (χ2v) is 6.40. The zero-order chi connectivity index (χ0) is 13.1. The molecule has 0 spiro atoms. The second kappa shape index (κ2) is 5.85. The number of carbonyl (C=O) groups is 1. The van der Waals surface area contributed by atoms with Gasteiger partial charge in [-0.25, -0.2) is 0 Å². The molecule has 1 aliphatic rings. The number of aliphatic carboxylic acids is 1. The number of carboxylic acids is 1. The van der Waals surface area contributed by atoms with E-state index in [2.05, 4.69) is 18.7 Å². The normalized spacial score (nSPS) is 23.7. The predicted molar refractivity (Wildman–Crippen MR) is 70.0 cm³/mol. The van der Waals surface area contributed by atoms with Crippen molar-refractivity contribution in [3.8, 4) is 0 Å². The standard InChI is InChI=1S/C14H27NO2/c1-11(2)12-6-5-8-15(9-7-12)10-14(3,4)13(16)17/h11-12H,5-10H2,1-4H3,(H,16,17). The zero-order valence-corrected chi connectivity index (χ0v) is 11.7. The van der Waals surface area contributed by atoms with Crippen LogP contribution in [0.15, 0.2) is 0 Å². The first kappa shape index (κ1) is 14.5. The van der Waals surface area contributed by atoms with Crippen molar-refractivity contribution in [2.24, 2.45) is 17.3 Å². The van der Waals surface area contributed by atoms with Crippen LogP contribution in [-0.4, -0.2) is 35.6 Å². The molecule has 1 saturated heterocycles. The number of hydrogen-bond acceptors (Lipinski definition) is 2. The number of carboxylic acid groups (broad SMARTS) is 1. The van der Waals surface area contributed by atoms with Gasteiger partial charge in [0.05, 0.1) is 5.41 Å². The molecule has 1 rings (SSSR count). The molecule has 0 radical (unpaired) electrons.